The van der Waals surface area contributed by atoms with Crippen molar-refractivity contribution in [3.63, 3.8) is 0 Å². The predicted octanol–water partition coefficient (Wildman–Crippen LogP) is 2.90. The van der Waals surface area contributed by atoms with Crippen LogP contribution in [0, 0.1) is 26.7 Å². The van der Waals surface area contributed by atoms with Gasteiger partial charge in [0.05, 0.1) is 7.11 Å². The van der Waals surface area contributed by atoms with Crippen LogP contribution in [0.2, 0.25) is 0 Å². The van der Waals surface area contributed by atoms with Crippen molar-refractivity contribution in [2.45, 2.75) is 46.1 Å². The summed E-state index contributed by atoms with van der Waals surface area (Å²) in [7, 11) is 1.74. The first-order valence-electron chi connectivity index (χ1n) is 6.42. The molecule has 94 valence electrons. The Kier molecular flexibility index (Phi) is 3.43. The molecule has 2 rings (SSSR count). The van der Waals surface area contributed by atoms with Gasteiger partial charge in [0.1, 0.15) is 5.75 Å². The highest BCUT2D eigenvalue weighted by atomic mass is 16.5. The highest BCUT2D eigenvalue weighted by molar-refractivity contribution is 5.48. The van der Waals surface area contributed by atoms with Crippen LogP contribution in [-0.4, -0.2) is 13.2 Å². The standard InChI is InChI=1S/C15H23NO/c1-9-5-15(17-4)11(3)10(2)14(9)8-12-6-13(16)7-12/h5,12-13H,6-8,16H2,1-4H3. The summed E-state index contributed by atoms with van der Waals surface area (Å²) in [6.45, 7) is 6.53. The topological polar surface area (TPSA) is 35.2 Å². The summed E-state index contributed by atoms with van der Waals surface area (Å²) in [6, 6.07) is 2.61. The van der Waals surface area contributed by atoms with E-state index in [1.54, 1.807) is 7.11 Å². The van der Waals surface area contributed by atoms with Gasteiger partial charge in [-0.05, 0) is 74.3 Å². The van der Waals surface area contributed by atoms with Gasteiger partial charge in [0.2, 0.25) is 0 Å². The lowest BCUT2D eigenvalue weighted by molar-refractivity contribution is 0.263. The van der Waals surface area contributed by atoms with Crippen molar-refractivity contribution in [2.24, 2.45) is 11.7 Å². The van der Waals surface area contributed by atoms with Crippen LogP contribution < -0.4 is 10.5 Å². The van der Waals surface area contributed by atoms with E-state index >= 15 is 0 Å². The molecular formula is C15H23NO. The average molecular weight is 233 g/mol. The number of nitrogens with two attached hydrogens (primary N) is 1. The number of hydrogen-bond acceptors (Lipinski definition) is 2. The largest absolute Gasteiger partial charge is 0.496 e. The molecule has 0 unspecified atom stereocenters. The first-order chi connectivity index (χ1) is 8.02. The maximum Gasteiger partial charge on any atom is 0.122 e. The molecule has 0 heterocycles. The van der Waals surface area contributed by atoms with Gasteiger partial charge in [0.15, 0.2) is 0 Å². The van der Waals surface area contributed by atoms with Gasteiger partial charge in [0.25, 0.3) is 0 Å². The van der Waals surface area contributed by atoms with Crippen molar-refractivity contribution in [3.8, 4) is 5.75 Å². The van der Waals surface area contributed by atoms with Gasteiger partial charge in [0, 0.05) is 6.04 Å². The lowest BCUT2D eigenvalue weighted by Gasteiger charge is -2.33. The van der Waals surface area contributed by atoms with Gasteiger partial charge >= 0.3 is 0 Å². The van der Waals surface area contributed by atoms with Crippen LogP contribution in [-0.2, 0) is 6.42 Å². The fourth-order valence-corrected chi connectivity index (χ4v) is 2.87. The minimum absolute atomic E-state index is 0.444. The Labute approximate surface area is 104 Å². The zero-order valence-electron chi connectivity index (χ0n) is 11.3. The maximum atomic E-state index is 5.85. The van der Waals surface area contributed by atoms with Crippen molar-refractivity contribution in [2.75, 3.05) is 7.11 Å². The van der Waals surface area contributed by atoms with Crippen molar-refractivity contribution in [1.82, 2.24) is 0 Å². The zero-order chi connectivity index (χ0) is 12.6. The number of rotatable bonds is 3. The van der Waals surface area contributed by atoms with Crippen LogP contribution in [0.15, 0.2) is 6.07 Å². The van der Waals surface area contributed by atoms with Crippen LogP contribution in [0.3, 0.4) is 0 Å². The second-order valence-corrected chi connectivity index (χ2v) is 5.43. The molecule has 0 aromatic heterocycles. The lowest BCUT2D eigenvalue weighted by atomic mass is 9.75. The van der Waals surface area contributed by atoms with E-state index in [1.807, 2.05) is 0 Å². The Bertz CT molecular complexity index is 419. The number of benzene rings is 1. The molecule has 1 aliphatic carbocycles. The van der Waals surface area contributed by atoms with Gasteiger partial charge in [-0.1, -0.05) is 0 Å². The predicted molar refractivity (Wildman–Crippen MR) is 71.6 cm³/mol. The third-order valence-corrected chi connectivity index (χ3v) is 4.19. The van der Waals surface area contributed by atoms with Crippen molar-refractivity contribution < 1.29 is 4.74 Å². The molecule has 1 saturated carbocycles. The fourth-order valence-electron chi connectivity index (χ4n) is 2.87. The molecule has 1 aliphatic rings. The van der Waals surface area contributed by atoms with E-state index in [9.17, 15) is 0 Å². The van der Waals surface area contributed by atoms with Crippen LogP contribution in [0.4, 0.5) is 0 Å². The van der Waals surface area contributed by atoms with Gasteiger partial charge in [-0.2, -0.15) is 0 Å². The number of ether oxygens (including phenoxy) is 1. The Morgan fingerprint density at radius 3 is 2.41 bits per heavy atom. The second-order valence-electron chi connectivity index (χ2n) is 5.43. The Morgan fingerprint density at radius 1 is 1.24 bits per heavy atom. The Hall–Kier alpha value is -1.02. The van der Waals surface area contributed by atoms with E-state index in [2.05, 4.69) is 26.8 Å². The molecule has 1 aromatic carbocycles. The first-order valence-corrected chi connectivity index (χ1v) is 6.42. The summed E-state index contributed by atoms with van der Waals surface area (Å²) in [5.74, 6) is 1.80. The second kappa shape index (κ2) is 4.69. The Morgan fingerprint density at radius 2 is 1.88 bits per heavy atom. The third-order valence-electron chi connectivity index (χ3n) is 4.19. The van der Waals surface area contributed by atoms with E-state index in [0.717, 1.165) is 11.7 Å². The molecule has 1 fully saturated rings. The fraction of sp³-hybridized carbons (Fsp3) is 0.600. The minimum atomic E-state index is 0.444. The molecule has 0 saturated heterocycles. The summed E-state index contributed by atoms with van der Waals surface area (Å²) in [6.07, 6.45) is 3.55. The monoisotopic (exact) mass is 233 g/mol. The number of methoxy groups -OCH3 is 1. The molecule has 0 spiro atoms. The molecule has 2 N–H and O–H groups in total. The van der Waals surface area contributed by atoms with Gasteiger partial charge in [-0.25, -0.2) is 0 Å². The molecule has 2 nitrogen and oxygen atoms in total. The van der Waals surface area contributed by atoms with Crippen LogP contribution >= 0.6 is 0 Å². The molecule has 0 atom stereocenters. The summed E-state index contributed by atoms with van der Waals surface area (Å²) in [5.41, 5.74) is 11.4. The van der Waals surface area contributed by atoms with Gasteiger partial charge in [-0.3, -0.25) is 0 Å². The normalized spacial score (nSPS) is 23.4. The molecule has 0 aliphatic heterocycles. The average Bonchev–Trinajstić information content (AvgIpc) is 2.26. The van der Waals surface area contributed by atoms with E-state index in [1.165, 1.54) is 41.5 Å². The lowest BCUT2D eigenvalue weighted by Crippen LogP contribution is -2.37. The van der Waals surface area contributed by atoms with Crippen LogP contribution in [0.25, 0.3) is 0 Å². The molecule has 1 aromatic rings. The van der Waals surface area contributed by atoms with Gasteiger partial charge in [-0.15, -0.1) is 0 Å². The molecular weight excluding hydrogens is 210 g/mol. The summed E-state index contributed by atoms with van der Waals surface area (Å²) >= 11 is 0. The van der Waals surface area contributed by atoms with Gasteiger partial charge < -0.3 is 10.5 Å². The molecule has 0 bridgehead atoms. The molecule has 17 heavy (non-hydrogen) atoms. The first kappa shape index (κ1) is 12.4. The summed E-state index contributed by atoms with van der Waals surface area (Å²) in [4.78, 5) is 0. The van der Waals surface area contributed by atoms with E-state index in [0.29, 0.717) is 6.04 Å². The van der Waals surface area contributed by atoms with E-state index in [4.69, 9.17) is 10.5 Å². The quantitative estimate of drug-likeness (QED) is 0.871. The zero-order valence-corrected chi connectivity index (χ0v) is 11.3. The number of aryl methyl sites for hydroxylation is 1. The van der Waals surface area contributed by atoms with E-state index < -0.39 is 0 Å². The van der Waals surface area contributed by atoms with Crippen molar-refractivity contribution >= 4 is 0 Å². The van der Waals surface area contributed by atoms with Crippen molar-refractivity contribution in [1.29, 1.82) is 0 Å². The molecule has 2 heteroatoms. The smallest absolute Gasteiger partial charge is 0.122 e. The molecule has 0 amide bonds. The van der Waals surface area contributed by atoms with Crippen molar-refractivity contribution in [3.05, 3.63) is 28.3 Å². The van der Waals surface area contributed by atoms with E-state index in [-0.39, 0.29) is 0 Å². The summed E-state index contributed by atoms with van der Waals surface area (Å²) < 4.78 is 5.40. The summed E-state index contributed by atoms with van der Waals surface area (Å²) in [5, 5.41) is 0. The third kappa shape index (κ3) is 2.32. The Balaban J connectivity index is 2.24. The maximum absolute atomic E-state index is 5.85. The highest BCUT2D eigenvalue weighted by Crippen LogP contribution is 2.34. The van der Waals surface area contributed by atoms with Crippen LogP contribution in [0.5, 0.6) is 5.75 Å². The SMILES string of the molecule is COc1cc(C)c(CC2CC(N)C2)c(C)c1C. The highest BCUT2D eigenvalue weighted by Gasteiger charge is 2.27. The minimum Gasteiger partial charge on any atom is -0.496 e. The van der Waals surface area contributed by atoms with Crippen LogP contribution in [0.1, 0.15) is 35.1 Å². The number of hydrogen-bond donors (Lipinski definition) is 1. The molecule has 0 radical (unpaired) electrons.